The Morgan fingerprint density at radius 1 is 0.740 bits per heavy atom. The molecule has 2 atom stereocenters. The van der Waals surface area contributed by atoms with Gasteiger partial charge in [-0.1, -0.05) is 116 Å². The average Bonchev–Trinajstić information content (AvgIpc) is 3.80. The van der Waals surface area contributed by atoms with Crippen molar-refractivity contribution in [1.82, 2.24) is 9.13 Å². The van der Waals surface area contributed by atoms with Crippen LogP contribution < -0.4 is 15.9 Å². The van der Waals surface area contributed by atoms with E-state index >= 15 is 0 Å². The number of hydrogen-bond acceptors (Lipinski definition) is 3. The Hall–Kier alpha value is -5.91. The van der Waals surface area contributed by atoms with Gasteiger partial charge in [-0.15, -0.1) is 11.3 Å². The number of thiophene rings is 1. The summed E-state index contributed by atoms with van der Waals surface area (Å²) < 4.78 is 6.07. The average molecular weight is 661 g/mol. The molecule has 0 spiro atoms. The molecule has 50 heavy (non-hydrogen) atoms. The monoisotopic (exact) mass is 660 g/mol. The van der Waals surface area contributed by atoms with Gasteiger partial charge in [-0.05, 0) is 60.0 Å². The number of fused-ring (bicyclic) bond motifs is 10. The molecule has 11 rings (SSSR count). The Bertz CT molecular complexity index is 2950. The Labute approximate surface area is 292 Å². The summed E-state index contributed by atoms with van der Waals surface area (Å²) in [5.74, 6) is 0.987. The van der Waals surface area contributed by atoms with Crippen LogP contribution in [0.15, 0.2) is 150 Å². The number of hydrogen-bond donors (Lipinski definition) is 1. The number of anilines is 1. The molecule has 0 amide bonds. The number of allylic oxidation sites excluding steroid dienone is 4. The van der Waals surface area contributed by atoms with E-state index in [0.29, 0.717) is 0 Å². The molecule has 8 aromatic rings. The lowest BCUT2D eigenvalue weighted by Gasteiger charge is -2.31. The molecule has 3 aliphatic rings. The van der Waals surface area contributed by atoms with Crippen LogP contribution >= 0.6 is 11.3 Å². The Kier molecular flexibility index (Phi) is 5.76. The van der Waals surface area contributed by atoms with Crippen molar-refractivity contribution >= 4 is 82.8 Å². The Morgan fingerprint density at radius 2 is 1.46 bits per heavy atom. The zero-order valence-electron chi connectivity index (χ0n) is 27.5. The first-order chi connectivity index (χ1) is 24.6. The fourth-order valence-electron chi connectivity index (χ4n) is 8.49. The Balaban J connectivity index is 1.22. The molecular formula is C45H32N4S. The third-order valence-corrected chi connectivity index (χ3v) is 12.0. The highest BCUT2D eigenvalue weighted by Crippen LogP contribution is 2.48. The van der Waals surface area contributed by atoms with Gasteiger partial charge in [-0.2, -0.15) is 0 Å². The lowest BCUT2D eigenvalue weighted by molar-refractivity contribution is 0.569. The largest absolute Gasteiger partial charge is 0.361 e. The molecule has 4 heterocycles. The highest BCUT2D eigenvalue weighted by Gasteiger charge is 2.33. The van der Waals surface area contributed by atoms with E-state index in [1.165, 1.54) is 64.5 Å². The van der Waals surface area contributed by atoms with Crippen molar-refractivity contribution in [1.29, 1.82) is 0 Å². The van der Waals surface area contributed by atoms with E-state index in [1.807, 2.05) is 0 Å². The fraction of sp³-hybridized carbons (Fsp3) is 0.0889. The number of benzene rings is 5. The van der Waals surface area contributed by atoms with Gasteiger partial charge in [0, 0.05) is 42.6 Å². The minimum absolute atomic E-state index is 0.0324. The van der Waals surface area contributed by atoms with E-state index in [0.717, 1.165) is 28.6 Å². The van der Waals surface area contributed by atoms with Crippen LogP contribution in [-0.2, 0) is 0 Å². The van der Waals surface area contributed by atoms with Gasteiger partial charge < -0.3 is 9.88 Å². The van der Waals surface area contributed by atoms with Gasteiger partial charge in [0.1, 0.15) is 22.6 Å². The third-order valence-electron chi connectivity index (χ3n) is 10.9. The molecule has 5 aromatic carbocycles. The number of para-hydroxylation sites is 3. The second kappa shape index (κ2) is 10.3. The number of aromatic nitrogens is 2. The number of nitrogens with one attached hydrogen (secondary N) is 1. The molecule has 0 saturated heterocycles. The maximum atomic E-state index is 5.67. The molecule has 0 bridgehead atoms. The van der Waals surface area contributed by atoms with Crippen molar-refractivity contribution in [3.8, 4) is 5.69 Å². The first kappa shape index (κ1) is 28.0. The first-order valence-corrected chi connectivity index (χ1v) is 18.1. The van der Waals surface area contributed by atoms with Crippen LogP contribution in [-0.4, -0.2) is 15.0 Å². The summed E-state index contributed by atoms with van der Waals surface area (Å²) in [4.78, 5) is 5.67. The van der Waals surface area contributed by atoms with Crippen molar-refractivity contribution in [2.75, 3.05) is 5.32 Å². The second-order valence-corrected chi connectivity index (χ2v) is 15.0. The summed E-state index contributed by atoms with van der Waals surface area (Å²) >= 11 is 1.79. The van der Waals surface area contributed by atoms with Gasteiger partial charge in [0.25, 0.3) is 0 Å². The third kappa shape index (κ3) is 3.89. The normalized spacial score (nSPS) is 19.3. The lowest BCUT2D eigenvalue weighted by atomic mass is 9.74. The predicted molar refractivity (Wildman–Crippen MR) is 212 cm³/mol. The van der Waals surface area contributed by atoms with Crippen LogP contribution in [0.4, 0.5) is 10.7 Å². The number of rotatable bonds is 2. The summed E-state index contributed by atoms with van der Waals surface area (Å²) in [5.41, 5.74) is 8.23. The van der Waals surface area contributed by atoms with E-state index in [1.54, 1.807) is 11.3 Å². The molecule has 4 nitrogen and oxygen atoms in total. The molecule has 1 aliphatic heterocycles. The van der Waals surface area contributed by atoms with Crippen molar-refractivity contribution < 1.29 is 0 Å². The van der Waals surface area contributed by atoms with Crippen LogP contribution in [0.2, 0.25) is 0 Å². The zero-order valence-corrected chi connectivity index (χ0v) is 28.3. The standard InChI is InChI=1S/C45H32N4S/c1-45-24-12-11-13-29(45)26-39-35(27-45)32-17-6-9-20-37(32)49(39)43-41(47-44-42(46-43)34-18-7-10-21-40(34)50-44)28-22-23-33-31-16-5-8-19-36(31)48(38(33)25-28)30-14-3-2-4-15-30/h2-23,25-27,41,47H,24H2,1H3. The van der Waals surface area contributed by atoms with Crippen LogP contribution in [0, 0.1) is 5.41 Å². The molecule has 2 unspecified atom stereocenters. The molecular weight excluding hydrogens is 629 g/mol. The van der Waals surface area contributed by atoms with Gasteiger partial charge in [-0.3, -0.25) is 4.57 Å². The van der Waals surface area contributed by atoms with Crippen LogP contribution in [0.5, 0.6) is 0 Å². The van der Waals surface area contributed by atoms with Crippen LogP contribution in [0.1, 0.15) is 24.9 Å². The minimum atomic E-state index is -0.191. The van der Waals surface area contributed by atoms with E-state index in [4.69, 9.17) is 4.99 Å². The van der Waals surface area contributed by atoms with Crippen molar-refractivity contribution in [2.45, 2.75) is 19.4 Å². The van der Waals surface area contributed by atoms with Gasteiger partial charge in [0.15, 0.2) is 0 Å². The highest BCUT2D eigenvalue weighted by atomic mass is 32.1. The van der Waals surface area contributed by atoms with Gasteiger partial charge in [-0.25, -0.2) is 4.99 Å². The van der Waals surface area contributed by atoms with Crippen LogP contribution in [0.3, 0.4) is 0 Å². The summed E-state index contributed by atoms with van der Waals surface area (Å²) in [6, 6.07) is 43.7. The summed E-state index contributed by atoms with van der Waals surface area (Å²) in [6.45, 7) is 2.36. The molecule has 0 saturated carbocycles. The maximum absolute atomic E-state index is 5.67. The number of nitrogens with zero attached hydrogens (tertiary/aromatic N) is 3. The molecule has 3 aromatic heterocycles. The SMILES string of the molecule is CC12C=c3c(n(C4=Nc5c(sc6ccccc56)NC4c4ccc5c6ccccc6n(-c6ccccc6)c5c4)c4ccccc34)=CC1=CC=CC2. The summed E-state index contributed by atoms with van der Waals surface area (Å²) in [6.07, 6.45) is 12.7. The van der Waals surface area contributed by atoms with Crippen molar-refractivity contribution in [2.24, 2.45) is 10.4 Å². The van der Waals surface area contributed by atoms with E-state index in [9.17, 15) is 0 Å². The quantitative estimate of drug-likeness (QED) is 0.197. The van der Waals surface area contributed by atoms with Crippen LogP contribution in [0.25, 0.3) is 60.6 Å². The molecule has 1 N–H and O–H groups in total. The second-order valence-electron chi connectivity index (χ2n) is 13.9. The van der Waals surface area contributed by atoms with Crippen molar-refractivity contribution in [3.05, 3.63) is 161 Å². The van der Waals surface area contributed by atoms with Crippen molar-refractivity contribution in [3.63, 3.8) is 0 Å². The zero-order chi connectivity index (χ0) is 33.0. The molecule has 0 fully saturated rings. The highest BCUT2D eigenvalue weighted by molar-refractivity contribution is 7.23. The van der Waals surface area contributed by atoms with E-state index in [2.05, 4.69) is 173 Å². The van der Waals surface area contributed by atoms with E-state index in [-0.39, 0.29) is 11.5 Å². The molecule has 2 aliphatic carbocycles. The lowest BCUT2D eigenvalue weighted by Crippen LogP contribution is -2.42. The number of aliphatic imine (C=N–C) groups is 1. The minimum Gasteiger partial charge on any atom is -0.361 e. The summed E-state index contributed by atoms with van der Waals surface area (Å²) in [7, 11) is 0. The molecule has 0 radical (unpaired) electrons. The predicted octanol–water partition coefficient (Wildman–Crippen LogP) is 10.2. The molecule has 5 heteroatoms. The van der Waals surface area contributed by atoms with Gasteiger partial charge in [0.05, 0.1) is 21.9 Å². The van der Waals surface area contributed by atoms with E-state index < -0.39 is 0 Å². The smallest absolute Gasteiger partial charge is 0.141 e. The fourth-order valence-corrected chi connectivity index (χ4v) is 9.56. The summed E-state index contributed by atoms with van der Waals surface area (Å²) in [5, 5.41) is 12.6. The van der Waals surface area contributed by atoms with Gasteiger partial charge >= 0.3 is 0 Å². The first-order valence-electron chi connectivity index (χ1n) is 17.3. The Morgan fingerprint density at radius 3 is 2.32 bits per heavy atom. The maximum Gasteiger partial charge on any atom is 0.141 e. The molecule has 238 valence electrons. The topological polar surface area (TPSA) is 34.2 Å². The van der Waals surface area contributed by atoms with Gasteiger partial charge in [0.2, 0.25) is 0 Å².